The molecular formula is C16H26N2O2. The molecule has 2 N–H and O–H groups in total. The molecule has 2 rings (SSSR count). The molecule has 0 aromatic heterocycles. The van der Waals surface area contributed by atoms with E-state index in [1.165, 1.54) is 17.5 Å². The largest absolute Gasteiger partial charge is 0.380 e. The van der Waals surface area contributed by atoms with Crippen LogP contribution < -0.4 is 5.73 Å². The molecule has 0 bridgehead atoms. The van der Waals surface area contributed by atoms with E-state index in [-0.39, 0.29) is 6.04 Å². The van der Waals surface area contributed by atoms with Crippen LogP contribution in [0.15, 0.2) is 24.3 Å². The fourth-order valence-electron chi connectivity index (χ4n) is 2.86. The maximum atomic E-state index is 5.99. The molecule has 20 heavy (non-hydrogen) atoms. The Bertz CT molecular complexity index is 405. The summed E-state index contributed by atoms with van der Waals surface area (Å²) in [6.07, 6.45) is 2.69. The minimum atomic E-state index is 0.232. The van der Waals surface area contributed by atoms with Crippen LogP contribution in [0.3, 0.4) is 0 Å². The molecule has 1 aliphatic rings. The van der Waals surface area contributed by atoms with E-state index >= 15 is 0 Å². The second-order valence-corrected chi connectivity index (χ2v) is 5.50. The molecule has 1 aromatic carbocycles. The van der Waals surface area contributed by atoms with Gasteiger partial charge >= 0.3 is 0 Å². The van der Waals surface area contributed by atoms with Gasteiger partial charge in [-0.3, -0.25) is 4.90 Å². The Kier molecular flexibility index (Phi) is 5.98. The molecule has 1 heterocycles. The van der Waals surface area contributed by atoms with Crippen molar-refractivity contribution in [1.82, 2.24) is 4.90 Å². The minimum Gasteiger partial charge on any atom is -0.380 e. The van der Waals surface area contributed by atoms with Gasteiger partial charge in [-0.05, 0) is 31.0 Å². The van der Waals surface area contributed by atoms with Gasteiger partial charge in [-0.1, -0.05) is 24.3 Å². The topological polar surface area (TPSA) is 47.7 Å². The Morgan fingerprint density at radius 2 is 2.35 bits per heavy atom. The van der Waals surface area contributed by atoms with Crippen molar-refractivity contribution in [2.24, 2.45) is 5.73 Å². The number of hydrogen-bond acceptors (Lipinski definition) is 4. The maximum Gasteiger partial charge on any atom is 0.0713 e. The average Bonchev–Trinajstić information content (AvgIpc) is 2.93. The van der Waals surface area contributed by atoms with E-state index in [9.17, 15) is 0 Å². The number of hydrogen-bond donors (Lipinski definition) is 1. The number of rotatable bonds is 7. The first-order valence-electron chi connectivity index (χ1n) is 7.34. The zero-order valence-corrected chi connectivity index (χ0v) is 12.5. The highest BCUT2D eigenvalue weighted by Crippen LogP contribution is 2.22. The Morgan fingerprint density at radius 3 is 3.00 bits per heavy atom. The van der Waals surface area contributed by atoms with Gasteiger partial charge in [0.2, 0.25) is 0 Å². The highest BCUT2D eigenvalue weighted by molar-refractivity contribution is 5.26. The summed E-state index contributed by atoms with van der Waals surface area (Å²) in [5.41, 5.74) is 8.43. The van der Waals surface area contributed by atoms with Crippen molar-refractivity contribution < 1.29 is 9.47 Å². The summed E-state index contributed by atoms with van der Waals surface area (Å²) in [6, 6.07) is 8.72. The minimum absolute atomic E-state index is 0.232. The van der Waals surface area contributed by atoms with Gasteiger partial charge in [-0.2, -0.15) is 0 Å². The monoisotopic (exact) mass is 278 g/mol. The zero-order valence-electron chi connectivity index (χ0n) is 12.5. The summed E-state index contributed by atoms with van der Waals surface area (Å²) in [5.74, 6) is 0. The summed E-state index contributed by atoms with van der Waals surface area (Å²) in [6.45, 7) is 3.09. The molecule has 112 valence electrons. The smallest absolute Gasteiger partial charge is 0.0713 e. The summed E-state index contributed by atoms with van der Waals surface area (Å²) in [7, 11) is 3.85. The summed E-state index contributed by atoms with van der Waals surface area (Å²) < 4.78 is 10.9. The molecule has 4 heteroatoms. The van der Waals surface area contributed by atoms with Crippen LogP contribution in [0.2, 0.25) is 0 Å². The standard InChI is InChI=1S/C16H26N2O2/c1-18(11-15-7-4-8-20-15)16(10-17)14-6-3-5-13(9-14)12-19-2/h3,5-6,9,15-16H,4,7-8,10-12,17H2,1-2H3. The van der Waals surface area contributed by atoms with Crippen molar-refractivity contribution in [2.45, 2.75) is 31.6 Å². The fourth-order valence-corrected chi connectivity index (χ4v) is 2.86. The molecule has 0 amide bonds. The second-order valence-electron chi connectivity index (χ2n) is 5.50. The molecule has 0 saturated carbocycles. The molecule has 0 spiro atoms. The van der Waals surface area contributed by atoms with E-state index in [1.807, 2.05) is 0 Å². The molecule has 1 aliphatic heterocycles. The number of ether oxygens (including phenoxy) is 2. The normalized spacial score (nSPS) is 20.5. The molecule has 1 fully saturated rings. The van der Waals surface area contributed by atoms with Gasteiger partial charge in [-0.25, -0.2) is 0 Å². The summed E-state index contributed by atoms with van der Waals surface area (Å²) >= 11 is 0. The molecular weight excluding hydrogens is 252 g/mol. The van der Waals surface area contributed by atoms with Gasteiger partial charge < -0.3 is 15.2 Å². The van der Waals surface area contributed by atoms with Crippen molar-refractivity contribution in [2.75, 3.05) is 33.9 Å². The third-order valence-electron chi connectivity index (χ3n) is 3.92. The Labute approximate surface area is 121 Å². The lowest BCUT2D eigenvalue weighted by atomic mass is 10.0. The average molecular weight is 278 g/mol. The van der Waals surface area contributed by atoms with Gasteiger partial charge in [0.1, 0.15) is 0 Å². The third-order valence-corrected chi connectivity index (χ3v) is 3.92. The van der Waals surface area contributed by atoms with Crippen LogP contribution in [0.4, 0.5) is 0 Å². The quantitative estimate of drug-likeness (QED) is 0.828. The third kappa shape index (κ3) is 4.03. The van der Waals surface area contributed by atoms with Crippen molar-refractivity contribution >= 4 is 0 Å². The van der Waals surface area contributed by atoms with Crippen LogP contribution in [0, 0.1) is 0 Å². The van der Waals surface area contributed by atoms with Crippen LogP contribution in [0.1, 0.15) is 30.0 Å². The van der Waals surface area contributed by atoms with Crippen molar-refractivity contribution in [3.63, 3.8) is 0 Å². The highest BCUT2D eigenvalue weighted by atomic mass is 16.5. The molecule has 2 unspecified atom stereocenters. The number of nitrogens with zero attached hydrogens (tertiary/aromatic N) is 1. The first kappa shape index (κ1) is 15.4. The molecule has 2 atom stereocenters. The number of nitrogens with two attached hydrogens (primary N) is 1. The van der Waals surface area contributed by atoms with Crippen LogP contribution in [0.25, 0.3) is 0 Å². The number of likely N-dealkylation sites (N-methyl/N-ethyl adjacent to an activating group) is 1. The molecule has 0 aliphatic carbocycles. The van der Waals surface area contributed by atoms with Crippen LogP contribution in [-0.4, -0.2) is 44.9 Å². The molecule has 4 nitrogen and oxygen atoms in total. The first-order chi connectivity index (χ1) is 9.74. The van der Waals surface area contributed by atoms with E-state index in [0.29, 0.717) is 19.3 Å². The van der Waals surface area contributed by atoms with E-state index < -0.39 is 0 Å². The SMILES string of the molecule is COCc1cccc(C(CN)N(C)CC2CCCO2)c1. The Balaban J connectivity index is 2.03. The van der Waals surface area contributed by atoms with Gasteiger partial charge in [0, 0.05) is 32.8 Å². The predicted molar refractivity (Wildman–Crippen MR) is 80.6 cm³/mol. The van der Waals surface area contributed by atoms with Crippen LogP contribution in [0.5, 0.6) is 0 Å². The molecule has 0 radical (unpaired) electrons. The van der Waals surface area contributed by atoms with Crippen LogP contribution >= 0.6 is 0 Å². The molecule has 1 aromatic rings. The van der Waals surface area contributed by atoms with Crippen molar-refractivity contribution in [3.05, 3.63) is 35.4 Å². The number of benzene rings is 1. The van der Waals surface area contributed by atoms with E-state index in [4.69, 9.17) is 15.2 Å². The van der Waals surface area contributed by atoms with E-state index in [2.05, 4.69) is 36.2 Å². The maximum absolute atomic E-state index is 5.99. The Morgan fingerprint density at radius 1 is 1.50 bits per heavy atom. The van der Waals surface area contributed by atoms with E-state index in [0.717, 1.165) is 19.6 Å². The van der Waals surface area contributed by atoms with Gasteiger partial charge in [0.25, 0.3) is 0 Å². The van der Waals surface area contributed by atoms with Crippen molar-refractivity contribution in [3.8, 4) is 0 Å². The lowest BCUT2D eigenvalue weighted by Crippen LogP contribution is -2.36. The predicted octanol–water partition coefficient (Wildman–Crippen LogP) is 1.94. The summed E-state index contributed by atoms with van der Waals surface area (Å²) in [5, 5.41) is 0. The lowest BCUT2D eigenvalue weighted by molar-refractivity contribution is 0.0689. The highest BCUT2D eigenvalue weighted by Gasteiger charge is 2.22. The van der Waals surface area contributed by atoms with Gasteiger partial charge in [-0.15, -0.1) is 0 Å². The first-order valence-corrected chi connectivity index (χ1v) is 7.34. The van der Waals surface area contributed by atoms with E-state index in [1.54, 1.807) is 7.11 Å². The Hall–Kier alpha value is -0.940. The van der Waals surface area contributed by atoms with Gasteiger partial charge in [0.05, 0.1) is 12.7 Å². The van der Waals surface area contributed by atoms with Crippen LogP contribution in [-0.2, 0) is 16.1 Å². The van der Waals surface area contributed by atoms with Crippen molar-refractivity contribution in [1.29, 1.82) is 0 Å². The number of methoxy groups -OCH3 is 1. The fraction of sp³-hybridized carbons (Fsp3) is 0.625. The zero-order chi connectivity index (χ0) is 14.4. The lowest BCUT2D eigenvalue weighted by Gasteiger charge is -2.29. The van der Waals surface area contributed by atoms with Gasteiger partial charge in [0.15, 0.2) is 0 Å². The summed E-state index contributed by atoms with van der Waals surface area (Å²) in [4.78, 5) is 2.31. The second kappa shape index (κ2) is 7.74. The molecule has 1 saturated heterocycles.